The average molecular weight is 719 g/mol. The summed E-state index contributed by atoms with van der Waals surface area (Å²) in [6.07, 6.45) is -0.386. The van der Waals surface area contributed by atoms with Crippen LogP contribution in [0.1, 0.15) is 22.9 Å². The van der Waals surface area contributed by atoms with E-state index in [1.165, 1.54) is 10.8 Å². The fraction of sp³-hybridized carbons (Fsp3) is 0.0196. The molecule has 0 saturated carbocycles. The third-order valence-corrected chi connectivity index (χ3v) is 10.9. The van der Waals surface area contributed by atoms with E-state index in [1.807, 2.05) is 24.3 Å². The van der Waals surface area contributed by atoms with E-state index in [1.54, 1.807) is 0 Å². The van der Waals surface area contributed by atoms with E-state index >= 15 is 0 Å². The van der Waals surface area contributed by atoms with Crippen molar-refractivity contribution in [3.8, 4) is 27.9 Å². The van der Waals surface area contributed by atoms with Crippen molar-refractivity contribution in [1.29, 1.82) is 0 Å². The fourth-order valence-electron chi connectivity index (χ4n) is 8.26. The first-order chi connectivity index (χ1) is 27.8. The van der Waals surface area contributed by atoms with Crippen LogP contribution in [0.3, 0.4) is 0 Å². The zero-order chi connectivity index (χ0) is 37.0. The Morgan fingerprint density at radius 2 is 1.05 bits per heavy atom. The van der Waals surface area contributed by atoms with E-state index in [4.69, 9.17) is 14.4 Å². The Hall–Kier alpha value is -7.50. The molecular formula is C51H34N4O. The fourth-order valence-corrected chi connectivity index (χ4v) is 8.26. The second kappa shape index (κ2) is 13.1. The molecule has 1 aliphatic heterocycles. The molecule has 5 nitrogen and oxygen atoms in total. The topological polar surface area (TPSA) is 54.8 Å². The number of rotatable bonds is 6. The van der Waals surface area contributed by atoms with Gasteiger partial charge in [0.05, 0.1) is 16.7 Å². The van der Waals surface area contributed by atoms with Gasteiger partial charge in [-0.3, -0.25) is 0 Å². The molecule has 5 heteroatoms. The second-order valence-corrected chi connectivity index (χ2v) is 14.2. The molecular weight excluding hydrogens is 685 g/mol. The van der Waals surface area contributed by atoms with Crippen LogP contribution in [-0.4, -0.2) is 16.2 Å². The van der Waals surface area contributed by atoms with Crippen molar-refractivity contribution in [2.75, 3.05) is 0 Å². The normalized spacial score (nSPS) is 14.2. The summed E-state index contributed by atoms with van der Waals surface area (Å²) in [6.45, 7) is 0. The lowest BCUT2D eigenvalue weighted by Crippen LogP contribution is -2.33. The predicted octanol–water partition coefficient (Wildman–Crippen LogP) is 12.5. The number of amidine groups is 2. The monoisotopic (exact) mass is 718 g/mol. The van der Waals surface area contributed by atoms with Crippen molar-refractivity contribution in [1.82, 2.24) is 9.88 Å². The van der Waals surface area contributed by atoms with Crippen LogP contribution in [0, 0.1) is 0 Å². The summed E-state index contributed by atoms with van der Waals surface area (Å²) in [6, 6.07) is 67.9. The number of aliphatic imine (C=N–C) groups is 2. The van der Waals surface area contributed by atoms with E-state index in [0.29, 0.717) is 5.84 Å². The number of nitrogens with one attached hydrogen (secondary N) is 1. The summed E-state index contributed by atoms with van der Waals surface area (Å²) in [5.74, 6) is 1.41. The van der Waals surface area contributed by atoms with Crippen LogP contribution in [0.5, 0.6) is 0 Å². The van der Waals surface area contributed by atoms with Gasteiger partial charge >= 0.3 is 0 Å². The SMILES string of the molecule is c1ccc(-c2cccc(C3=NC(c4cccc5oc6c(-n7c8ccccc8c8ccccc87)cccc6c45)=NC(c4cccc(-c5ccccc5)c4)N3)c2)cc1. The van der Waals surface area contributed by atoms with Gasteiger partial charge in [-0.2, -0.15) is 0 Å². The molecule has 8 aromatic carbocycles. The number of benzene rings is 8. The first-order valence-corrected chi connectivity index (χ1v) is 18.9. The minimum absolute atomic E-state index is 0.386. The highest BCUT2D eigenvalue weighted by molar-refractivity contribution is 6.23. The summed E-state index contributed by atoms with van der Waals surface area (Å²) in [7, 11) is 0. The number of para-hydroxylation sites is 3. The molecule has 10 aromatic rings. The molecule has 11 rings (SSSR count). The zero-order valence-corrected chi connectivity index (χ0v) is 30.3. The van der Waals surface area contributed by atoms with Crippen LogP contribution in [-0.2, 0) is 0 Å². The van der Waals surface area contributed by atoms with Crippen LogP contribution in [0.25, 0.3) is 71.7 Å². The van der Waals surface area contributed by atoms with Gasteiger partial charge in [-0.25, -0.2) is 9.98 Å². The second-order valence-electron chi connectivity index (χ2n) is 14.2. The molecule has 0 spiro atoms. The molecule has 1 atom stereocenters. The Kier molecular flexibility index (Phi) is 7.49. The maximum atomic E-state index is 6.85. The number of fused-ring (bicyclic) bond motifs is 6. The molecule has 264 valence electrons. The smallest absolute Gasteiger partial charge is 0.160 e. The van der Waals surface area contributed by atoms with Crippen LogP contribution >= 0.6 is 0 Å². The lowest BCUT2D eigenvalue weighted by molar-refractivity contribution is 0.666. The van der Waals surface area contributed by atoms with E-state index in [2.05, 4.69) is 180 Å². The van der Waals surface area contributed by atoms with Crippen LogP contribution in [0.15, 0.2) is 209 Å². The third-order valence-electron chi connectivity index (χ3n) is 10.9. The maximum absolute atomic E-state index is 6.85. The van der Waals surface area contributed by atoms with Crippen molar-refractivity contribution < 1.29 is 4.42 Å². The highest BCUT2D eigenvalue weighted by Crippen LogP contribution is 2.40. The van der Waals surface area contributed by atoms with Crippen LogP contribution in [0.4, 0.5) is 0 Å². The van der Waals surface area contributed by atoms with Gasteiger partial charge in [0.2, 0.25) is 0 Å². The standard InChI is InChI=1S/C51H34N4O/c1-3-15-33(16-4-1)35-19-11-21-37(31-35)49-52-50(38-22-12-20-36(32-38)34-17-5-2-6-18-34)54-51(53-49)42-26-14-30-46-47(42)41-25-13-29-45(48(41)56-46)55-43-27-9-7-23-39(43)40-24-8-10-28-44(40)55/h1-32,49H,(H,52,53,54). The van der Waals surface area contributed by atoms with Gasteiger partial charge in [0.25, 0.3) is 0 Å². The van der Waals surface area contributed by atoms with Gasteiger partial charge in [-0.15, -0.1) is 0 Å². The van der Waals surface area contributed by atoms with Gasteiger partial charge in [-0.05, 0) is 64.2 Å². The molecule has 0 aliphatic carbocycles. The Morgan fingerprint density at radius 3 is 1.79 bits per heavy atom. The van der Waals surface area contributed by atoms with E-state index in [9.17, 15) is 0 Å². The molecule has 0 fully saturated rings. The van der Waals surface area contributed by atoms with Gasteiger partial charge in [0.1, 0.15) is 17.6 Å². The van der Waals surface area contributed by atoms with Crippen molar-refractivity contribution in [2.45, 2.75) is 6.17 Å². The van der Waals surface area contributed by atoms with E-state index < -0.39 is 0 Å². The van der Waals surface area contributed by atoms with Gasteiger partial charge < -0.3 is 14.3 Å². The predicted molar refractivity (Wildman–Crippen MR) is 231 cm³/mol. The first kappa shape index (κ1) is 32.0. The lowest BCUT2D eigenvalue weighted by Gasteiger charge is -2.24. The molecule has 0 bridgehead atoms. The molecule has 0 saturated heterocycles. The Balaban J connectivity index is 1.11. The molecule has 1 aliphatic rings. The summed E-state index contributed by atoms with van der Waals surface area (Å²) < 4.78 is 9.17. The van der Waals surface area contributed by atoms with Crippen molar-refractivity contribution in [3.63, 3.8) is 0 Å². The van der Waals surface area contributed by atoms with E-state index in [0.717, 1.165) is 83.4 Å². The highest BCUT2D eigenvalue weighted by atomic mass is 16.3. The number of hydrogen-bond acceptors (Lipinski definition) is 4. The molecule has 0 amide bonds. The summed E-state index contributed by atoms with van der Waals surface area (Å²) in [5.41, 5.74) is 12.4. The molecule has 1 N–H and O–H groups in total. The summed E-state index contributed by atoms with van der Waals surface area (Å²) >= 11 is 0. The molecule has 3 heterocycles. The Morgan fingerprint density at radius 1 is 0.482 bits per heavy atom. The number of hydrogen-bond donors (Lipinski definition) is 1. The van der Waals surface area contributed by atoms with Gasteiger partial charge in [-0.1, -0.05) is 158 Å². The number of nitrogens with zero attached hydrogens (tertiary/aromatic N) is 3. The van der Waals surface area contributed by atoms with Crippen molar-refractivity contribution in [2.24, 2.45) is 9.98 Å². The number of aromatic nitrogens is 1. The van der Waals surface area contributed by atoms with Gasteiger partial charge in [0, 0.05) is 32.7 Å². The quantitative estimate of drug-likeness (QED) is 0.186. The molecule has 2 aromatic heterocycles. The largest absolute Gasteiger partial charge is 0.454 e. The van der Waals surface area contributed by atoms with Crippen molar-refractivity contribution >= 4 is 55.4 Å². The van der Waals surface area contributed by atoms with Crippen LogP contribution < -0.4 is 5.32 Å². The minimum atomic E-state index is -0.386. The first-order valence-electron chi connectivity index (χ1n) is 18.9. The molecule has 0 radical (unpaired) electrons. The van der Waals surface area contributed by atoms with Crippen molar-refractivity contribution in [3.05, 3.63) is 211 Å². The van der Waals surface area contributed by atoms with E-state index in [-0.39, 0.29) is 6.17 Å². The minimum Gasteiger partial charge on any atom is -0.454 e. The lowest BCUT2D eigenvalue weighted by atomic mass is 10.00. The zero-order valence-electron chi connectivity index (χ0n) is 30.3. The Bertz CT molecular complexity index is 3120. The molecule has 56 heavy (non-hydrogen) atoms. The molecule has 1 unspecified atom stereocenters. The summed E-state index contributed by atoms with van der Waals surface area (Å²) in [5, 5.41) is 8.14. The van der Waals surface area contributed by atoms with Gasteiger partial charge in [0.15, 0.2) is 11.4 Å². The highest BCUT2D eigenvalue weighted by Gasteiger charge is 2.25. The third kappa shape index (κ3) is 5.32. The maximum Gasteiger partial charge on any atom is 0.160 e. The summed E-state index contributed by atoms with van der Waals surface area (Å²) in [4.78, 5) is 10.7. The number of furan rings is 1. The average Bonchev–Trinajstić information content (AvgIpc) is 3.83. The Labute approximate surface area is 323 Å². The van der Waals surface area contributed by atoms with Crippen LogP contribution in [0.2, 0.25) is 0 Å².